The van der Waals surface area contributed by atoms with E-state index in [1.165, 1.54) is 40.7 Å². The highest BCUT2D eigenvalue weighted by molar-refractivity contribution is 7.98. The molecule has 2 aromatic carbocycles. The molecule has 0 aliphatic carbocycles. The lowest BCUT2D eigenvalue weighted by molar-refractivity contribution is -0.274. The number of halogens is 3. The van der Waals surface area contributed by atoms with Gasteiger partial charge in [0.15, 0.2) is 10.9 Å². The van der Waals surface area contributed by atoms with Crippen molar-refractivity contribution in [1.82, 2.24) is 25.0 Å². The summed E-state index contributed by atoms with van der Waals surface area (Å²) in [4.78, 5) is 21.9. The molecule has 2 heterocycles. The number of anilines is 1. The maximum absolute atomic E-state index is 13.1. The number of carbonyl (C=O) groups excluding carboxylic acids is 1. The third-order valence-electron chi connectivity index (χ3n) is 4.90. The Morgan fingerprint density at radius 2 is 1.64 bits per heavy atom. The van der Waals surface area contributed by atoms with E-state index in [9.17, 15) is 18.0 Å². The minimum atomic E-state index is -4.80. The second kappa shape index (κ2) is 10.4. The summed E-state index contributed by atoms with van der Waals surface area (Å²) in [5, 5.41) is 11.5. The first-order valence-electron chi connectivity index (χ1n) is 10.7. The van der Waals surface area contributed by atoms with Crippen LogP contribution in [0.4, 0.5) is 18.9 Å². The molecular formula is C24H21F3N6O2S. The van der Waals surface area contributed by atoms with Gasteiger partial charge in [-0.3, -0.25) is 4.79 Å². The summed E-state index contributed by atoms with van der Waals surface area (Å²) in [6, 6.07) is 14.3. The van der Waals surface area contributed by atoms with Crippen LogP contribution < -0.4 is 10.1 Å². The highest BCUT2D eigenvalue weighted by Gasteiger charge is 2.31. The van der Waals surface area contributed by atoms with Crippen LogP contribution in [0.2, 0.25) is 0 Å². The molecule has 0 unspecified atom stereocenters. The molecule has 0 saturated carbocycles. The van der Waals surface area contributed by atoms with Crippen molar-refractivity contribution < 1.29 is 22.7 Å². The molecule has 0 bridgehead atoms. The maximum Gasteiger partial charge on any atom is 0.573 e. The largest absolute Gasteiger partial charge is 0.573 e. The number of nitrogens with one attached hydrogen (secondary N) is 1. The van der Waals surface area contributed by atoms with Crippen LogP contribution in [-0.2, 0) is 5.75 Å². The summed E-state index contributed by atoms with van der Waals surface area (Å²) in [6.45, 7) is 5.65. The van der Waals surface area contributed by atoms with Gasteiger partial charge in [-0.05, 0) is 63.2 Å². The molecule has 0 aliphatic rings. The Kier molecular flexibility index (Phi) is 7.25. The van der Waals surface area contributed by atoms with Crippen LogP contribution >= 0.6 is 11.8 Å². The number of ether oxygens (including phenoxy) is 1. The third kappa shape index (κ3) is 6.39. The lowest BCUT2D eigenvalue weighted by Crippen LogP contribution is -2.17. The molecule has 36 heavy (non-hydrogen) atoms. The molecule has 0 fully saturated rings. The first-order chi connectivity index (χ1) is 17.1. The topological polar surface area (TPSA) is 94.8 Å². The van der Waals surface area contributed by atoms with Gasteiger partial charge >= 0.3 is 6.36 Å². The number of alkyl halides is 3. The second-order valence-electron chi connectivity index (χ2n) is 7.88. The van der Waals surface area contributed by atoms with E-state index in [1.807, 2.05) is 39.0 Å². The van der Waals surface area contributed by atoms with Gasteiger partial charge in [-0.1, -0.05) is 34.7 Å². The van der Waals surface area contributed by atoms with Crippen molar-refractivity contribution in [2.24, 2.45) is 0 Å². The Morgan fingerprint density at radius 1 is 1.00 bits per heavy atom. The Hall–Kier alpha value is -3.93. The monoisotopic (exact) mass is 514 g/mol. The Labute approximate surface area is 208 Å². The van der Waals surface area contributed by atoms with Crippen LogP contribution in [0, 0.1) is 20.8 Å². The summed E-state index contributed by atoms with van der Waals surface area (Å²) in [7, 11) is 0. The predicted octanol–water partition coefficient (Wildman–Crippen LogP) is 5.43. The molecule has 8 nitrogen and oxygen atoms in total. The van der Waals surface area contributed by atoms with Crippen molar-refractivity contribution in [1.29, 1.82) is 0 Å². The molecule has 1 amide bonds. The highest BCUT2D eigenvalue weighted by atomic mass is 32.2. The lowest BCUT2D eigenvalue weighted by atomic mass is 10.2. The number of carbonyl (C=O) groups is 1. The van der Waals surface area contributed by atoms with Crippen molar-refractivity contribution in [3.05, 3.63) is 82.9 Å². The average Bonchev–Trinajstić information content (AvgIpc) is 3.22. The highest BCUT2D eigenvalue weighted by Crippen LogP contribution is 2.27. The number of amides is 1. The van der Waals surface area contributed by atoms with Gasteiger partial charge in [0.2, 0.25) is 0 Å². The number of benzene rings is 2. The van der Waals surface area contributed by atoms with Crippen LogP contribution in [-0.4, -0.2) is 37.2 Å². The number of aromatic nitrogens is 5. The molecule has 4 rings (SSSR count). The third-order valence-corrected chi connectivity index (χ3v) is 5.76. The molecule has 0 aliphatic heterocycles. The van der Waals surface area contributed by atoms with E-state index in [2.05, 4.69) is 30.3 Å². The number of aryl methyl sites for hydroxylation is 3. The zero-order valence-electron chi connectivity index (χ0n) is 19.5. The molecule has 1 N–H and O–H groups in total. The molecule has 0 spiro atoms. The van der Waals surface area contributed by atoms with E-state index >= 15 is 0 Å². The smallest absolute Gasteiger partial charge is 0.406 e. The fourth-order valence-electron chi connectivity index (χ4n) is 3.32. The van der Waals surface area contributed by atoms with E-state index in [-0.39, 0.29) is 17.2 Å². The van der Waals surface area contributed by atoms with Crippen LogP contribution in [0.15, 0.2) is 59.8 Å². The number of rotatable bonds is 7. The molecule has 4 aromatic rings. The second-order valence-corrected chi connectivity index (χ2v) is 8.82. The van der Waals surface area contributed by atoms with E-state index < -0.39 is 12.3 Å². The molecule has 0 atom stereocenters. The molecule has 0 saturated heterocycles. The summed E-state index contributed by atoms with van der Waals surface area (Å²) in [6.07, 6.45) is -4.80. The first-order valence-corrected chi connectivity index (χ1v) is 11.7. The minimum absolute atomic E-state index is 0.0723. The van der Waals surface area contributed by atoms with Crippen LogP contribution in [0.3, 0.4) is 0 Å². The molecule has 0 radical (unpaired) electrons. The summed E-state index contributed by atoms with van der Waals surface area (Å²) >= 11 is 1.29. The van der Waals surface area contributed by atoms with Gasteiger partial charge in [-0.25, -0.2) is 14.6 Å². The van der Waals surface area contributed by atoms with Crippen LogP contribution in [0.25, 0.3) is 5.69 Å². The van der Waals surface area contributed by atoms with Crippen molar-refractivity contribution in [2.45, 2.75) is 38.0 Å². The van der Waals surface area contributed by atoms with Crippen molar-refractivity contribution in [3.63, 3.8) is 0 Å². The van der Waals surface area contributed by atoms with Crippen LogP contribution in [0.5, 0.6) is 5.75 Å². The fourth-order valence-corrected chi connectivity index (χ4v) is 4.26. The van der Waals surface area contributed by atoms with Crippen molar-refractivity contribution in [3.8, 4) is 11.4 Å². The summed E-state index contributed by atoms with van der Waals surface area (Å²) < 4.78 is 42.9. The Morgan fingerprint density at radius 3 is 2.25 bits per heavy atom. The Balaban J connectivity index is 1.65. The predicted molar refractivity (Wildman–Crippen MR) is 128 cm³/mol. The normalized spacial score (nSPS) is 11.4. The van der Waals surface area contributed by atoms with E-state index in [4.69, 9.17) is 0 Å². The number of nitrogens with zero attached hydrogens (tertiary/aromatic N) is 5. The number of hydrogen-bond acceptors (Lipinski definition) is 7. The summed E-state index contributed by atoms with van der Waals surface area (Å²) in [5.41, 5.74) is 4.14. The lowest BCUT2D eigenvalue weighted by Gasteiger charge is -2.11. The number of hydrogen-bond donors (Lipinski definition) is 1. The molecule has 186 valence electrons. The van der Waals surface area contributed by atoms with Gasteiger partial charge in [0, 0.05) is 22.8 Å². The summed E-state index contributed by atoms with van der Waals surface area (Å²) in [5.74, 6) is -0.616. The van der Waals surface area contributed by atoms with Gasteiger partial charge in [-0.2, -0.15) is 0 Å². The average molecular weight is 515 g/mol. The SMILES string of the molecule is Cc1ccc(NC(=O)c2nnn(-c3ccc(OC(F)(F)F)cc3)c2CSc2nc(C)cc(C)n2)cc1. The minimum Gasteiger partial charge on any atom is -0.406 e. The molecular weight excluding hydrogens is 493 g/mol. The van der Waals surface area contributed by atoms with Crippen LogP contribution in [0.1, 0.15) is 33.1 Å². The fraction of sp³-hybridized carbons (Fsp3) is 0.208. The van der Waals surface area contributed by atoms with E-state index in [0.717, 1.165) is 17.0 Å². The first kappa shape index (κ1) is 25.2. The van der Waals surface area contributed by atoms with Crippen molar-refractivity contribution >= 4 is 23.4 Å². The Bertz CT molecular complexity index is 1350. The van der Waals surface area contributed by atoms with E-state index in [1.54, 1.807) is 12.1 Å². The zero-order chi connectivity index (χ0) is 25.9. The molecule has 12 heteroatoms. The maximum atomic E-state index is 13.1. The van der Waals surface area contributed by atoms with Gasteiger partial charge < -0.3 is 10.1 Å². The standard InChI is InChI=1S/C24H21F3N6O2S/c1-14-4-6-17(7-5-14)30-22(34)21-20(13-36-23-28-15(2)12-16(3)29-23)33(32-31-21)18-8-10-19(11-9-18)35-24(25,26)27/h4-12H,13H2,1-3H3,(H,30,34). The van der Waals surface area contributed by atoms with Gasteiger partial charge in [0.25, 0.3) is 5.91 Å². The van der Waals surface area contributed by atoms with Gasteiger partial charge in [-0.15, -0.1) is 18.3 Å². The van der Waals surface area contributed by atoms with Crippen molar-refractivity contribution in [2.75, 3.05) is 5.32 Å². The van der Waals surface area contributed by atoms with Gasteiger partial charge in [0.05, 0.1) is 11.4 Å². The quantitative estimate of drug-likeness (QED) is 0.260. The number of thioether (sulfide) groups is 1. The van der Waals surface area contributed by atoms with Gasteiger partial charge in [0.1, 0.15) is 5.75 Å². The zero-order valence-corrected chi connectivity index (χ0v) is 20.3. The van der Waals surface area contributed by atoms with E-state index in [0.29, 0.717) is 22.2 Å². The molecule has 2 aromatic heterocycles.